The Hall–Kier alpha value is -0.810. The molecule has 100 valence electrons. The van der Waals surface area contributed by atoms with Crippen LogP contribution in [-0.4, -0.2) is 37.7 Å². The summed E-state index contributed by atoms with van der Waals surface area (Å²) in [6.45, 7) is 4.94. The van der Waals surface area contributed by atoms with E-state index >= 15 is 0 Å². The van der Waals surface area contributed by atoms with Gasteiger partial charge in [-0.2, -0.15) is 0 Å². The average Bonchev–Trinajstić information content (AvgIpc) is 2.30. The molecule has 0 saturated carbocycles. The fourth-order valence-corrected chi connectivity index (χ4v) is 1.81. The largest absolute Gasteiger partial charge is 0.466 e. The molecular weight excluding hydrogens is 246 g/mol. The summed E-state index contributed by atoms with van der Waals surface area (Å²) in [6.07, 6.45) is 1.19. The number of piperidine rings is 1. The number of rotatable bonds is 4. The van der Waals surface area contributed by atoms with E-state index in [1.807, 2.05) is 0 Å². The molecule has 1 aliphatic rings. The molecule has 0 spiro atoms. The van der Waals surface area contributed by atoms with Crippen molar-refractivity contribution in [1.82, 2.24) is 5.32 Å². The van der Waals surface area contributed by atoms with Crippen LogP contribution in [0.4, 0.5) is 0 Å². The van der Waals surface area contributed by atoms with E-state index in [1.165, 1.54) is 0 Å². The van der Waals surface area contributed by atoms with Gasteiger partial charge in [-0.15, -0.1) is 12.4 Å². The summed E-state index contributed by atoms with van der Waals surface area (Å²) in [5.41, 5.74) is 0. The van der Waals surface area contributed by atoms with Gasteiger partial charge in [0.1, 0.15) is 6.04 Å². The van der Waals surface area contributed by atoms with Crippen LogP contribution >= 0.6 is 12.4 Å². The van der Waals surface area contributed by atoms with Crippen LogP contribution in [0, 0.1) is 5.92 Å². The molecule has 0 radical (unpaired) electrons. The SMILES string of the molecule is CCOC(=O)C1CCNC(C(=O)OCC)C1.Cl. The molecule has 0 aliphatic carbocycles. The van der Waals surface area contributed by atoms with Gasteiger partial charge < -0.3 is 14.8 Å². The van der Waals surface area contributed by atoms with Gasteiger partial charge in [-0.3, -0.25) is 9.59 Å². The molecule has 6 heteroatoms. The van der Waals surface area contributed by atoms with Gasteiger partial charge in [-0.1, -0.05) is 0 Å². The summed E-state index contributed by atoms with van der Waals surface area (Å²) < 4.78 is 9.87. The third-order valence-corrected chi connectivity index (χ3v) is 2.59. The van der Waals surface area contributed by atoms with Gasteiger partial charge in [0, 0.05) is 0 Å². The van der Waals surface area contributed by atoms with Crippen molar-refractivity contribution < 1.29 is 19.1 Å². The van der Waals surface area contributed by atoms with Crippen LogP contribution in [-0.2, 0) is 19.1 Å². The highest BCUT2D eigenvalue weighted by molar-refractivity contribution is 5.85. The number of carbonyl (C=O) groups is 2. The molecule has 1 fully saturated rings. The zero-order valence-corrected chi connectivity index (χ0v) is 11.0. The topological polar surface area (TPSA) is 64.6 Å². The van der Waals surface area contributed by atoms with Crippen molar-refractivity contribution in [1.29, 1.82) is 0 Å². The van der Waals surface area contributed by atoms with Crippen molar-refractivity contribution >= 4 is 24.3 Å². The number of halogens is 1. The molecule has 0 aromatic carbocycles. The van der Waals surface area contributed by atoms with Crippen LogP contribution < -0.4 is 5.32 Å². The molecule has 2 unspecified atom stereocenters. The molecule has 1 N–H and O–H groups in total. The van der Waals surface area contributed by atoms with E-state index in [0.29, 0.717) is 26.2 Å². The fraction of sp³-hybridized carbons (Fsp3) is 0.818. The Bertz CT molecular complexity index is 236. The Balaban J connectivity index is 0.00000256. The zero-order chi connectivity index (χ0) is 12.0. The molecule has 1 rings (SSSR count). The fourth-order valence-electron chi connectivity index (χ4n) is 1.81. The minimum atomic E-state index is -0.372. The number of carbonyl (C=O) groups excluding carboxylic acids is 2. The van der Waals surface area contributed by atoms with Crippen LogP contribution in [0.25, 0.3) is 0 Å². The first-order chi connectivity index (χ1) is 7.69. The number of nitrogens with one attached hydrogen (secondary N) is 1. The van der Waals surface area contributed by atoms with Gasteiger partial charge >= 0.3 is 11.9 Å². The Morgan fingerprint density at radius 2 is 1.76 bits per heavy atom. The Morgan fingerprint density at radius 3 is 2.35 bits per heavy atom. The number of esters is 2. The van der Waals surface area contributed by atoms with E-state index in [9.17, 15) is 9.59 Å². The second kappa shape index (κ2) is 8.31. The lowest BCUT2D eigenvalue weighted by atomic mass is 9.92. The van der Waals surface area contributed by atoms with Crippen LogP contribution in [0.15, 0.2) is 0 Å². The van der Waals surface area contributed by atoms with Crippen molar-refractivity contribution in [2.75, 3.05) is 19.8 Å². The Labute approximate surface area is 108 Å². The molecule has 0 bridgehead atoms. The van der Waals surface area contributed by atoms with Gasteiger partial charge in [0.25, 0.3) is 0 Å². The van der Waals surface area contributed by atoms with Crippen LogP contribution in [0.1, 0.15) is 26.7 Å². The lowest BCUT2D eigenvalue weighted by Gasteiger charge is -2.27. The first-order valence-corrected chi connectivity index (χ1v) is 5.75. The number of hydrogen-bond donors (Lipinski definition) is 1. The van der Waals surface area contributed by atoms with Gasteiger partial charge in [-0.25, -0.2) is 0 Å². The maximum atomic E-state index is 11.5. The summed E-state index contributed by atoms with van der Waals surface area (Å²) in [6, 6.07) is -0.372. The monoisotopic (exact) mass is 265 g/mol. The Kier molecular flexibility index (Phi) is 7.91. The van der Waals surface area contributed by atoms with Crippen LogP contribution in [0.2, 0.25) is 0 Å². The third-order valence-electron chi connectivity index (χ3n) is 2.59. The van der Waals surface area contributed by atoms with Crippen molar-refractivity contribution in [3.05, 3.63) is 0 Å². The average molecular weight is 266 g/mol. The predicted octanol–water partition coefficient (Wildman–Crippen LogP) is 0.903. The summed E-state index contributed by atoms with van der Waals surface area (Å²) in [4.78, 5) is 23.0. The van der Waals surface area contributed by atoms with Gasteiger partial charge in [0.2, 0.25) is 0 Å². The molecule has 1 aliphatic heterocycles. The van der Waals surface area contributed by atoms with Crippen molar-refractivity contribution in [2.24, 2.45) is 5.92 Å². The molecule has 5 nitrogen and oxygen atoms in total. The highest BCUT2D eigenvalue weighted by Gasteiger charge is 2.32. The van der Waals surface area contributed by atoms with Gasteiger partial charge in [-0.05, 0) is 33.2 Å². The third kappa shape index (κ3) is 4.91. The molecule has 2 atom stereocenters. The molecule has 17 heavy (non-hydrogen) atoms. The first kappa shape index (κ1) is 16.2. The van der Waals surface area contributed by atoms with E-state index < -0.39 is 0 Å². The predicted molar refractivity (Wildman–Crippen MR) is 65.0 cm³/mol. The number of hydrogen-bond acceptors (Lipinski definition) is 5. The van der Waals surface area contributed by atoms with E-state index in [-0.39, 0.29) is 36.3 Å². The van der Waals surface area contributed by atoms with E-state index in [4.69, 9.17) is 9.47 Å². The minimum Gasteiger partial charge on any atom is -0.466 e. The maximum Gasteiger partial charge on any atom is 0.323 e. The molecule has 1 heterocycles. The highest BCUT2D eigenvalue weighted by atomic mass is 35.5. The smallest absolute Gasteiger partial charge is 0.323 e. The summed E-state index contributed by atoms with van der Waals surface area (Å²) >= 11 is 0. The molecule has 1 saturated heterocycles. The second-order valence-electron chi connectivity index (χ2n) is 3.73. The quantitative estimate of drug-likeness (QED) is 0.766. The summed E-state index contributed by atoms with van der Waals surface area (Å²) in [7, 11) is 0. The van der Waals surface area contributed by atoms with E-state index in [1.54, 1.807) is 13.8 Å². The normalized spacial score (nSPS) is 23.4. The summed E-state index contributed by atoms with van der Waals surface area (Å²) in [5, 5.41) is 3.05. The van der Waals surface area contributed by atoms with Gasteiger partial charge in [0.05, 0.1) is 19.1 Å². The van der Waals surface area contributed by atoms with Crippen molar-refractivity contribution in [3.8, 4) is 0 Å². The summed E-state index contributed by atoms with van der Waals surface area (Å²) in [5.74, 6) is -0.676. The molecule has 0 amide bonds. The first-order valence-electron chi connectivity index (χ1n) is 5.75. The number of ether oxygens (including phenoxy) is 2. The minimum absolute atomic E-state index is 0. The highest BCUT2D eigenvalue weighted by Crippen LogP contribution is 2.18. The van der Waals surface area contributed by atoms with E-state index in [0.717, 1.165) is 6.42 Å². The lowest BCUT2D eigenvalue weighted by molar-refractivity contribution is -0.152. The van der Waals surface area contributed by atoms with E-state index in [2.05, 4.69) is 5.32 Å². The van der Waals surface area contributed by atoms with Crippen molar-refractivity contribution in [3.63, 3.8) is 0 Å². The maximum absolute atomic E-state index is 11.5. The molecule has 0 aromatic rings. The van der Waals surface area contributed by atoms with Crippen LogP contribution in [0.3, 0.4) is 0 Å². The Morgan fingerprint density at radius 1 is 1.18 bits per heavy atom. The van der Waals surface area contributed by atoms with Crippen LogP contribution in [0.5, 0.6) is 0 Å². The van der Waals surface area contributed by atoms with Gasteiger partial charge in [0.15, 0.2) is 0 Å². The standard InChI is InChI=1S/C11H19NO4.ClH/c1-3-15-10(13)8-5-6-12-9(7-8)11(14)16-4-2;/h8-9,12H,3-7H2,1-2H3;1H. The molecule has 0 aromatic heterocycles. The van der Waals surface area contributed by atoms with Crippen molar-refractivity contribution in [2.45, 2.75) is 32.7 Å². The molecular formula is C11H20ClNO4. The lowest BCUT2D eigenvalue weighted by Crippen LogP contribution is -2.46. The second-order valence-corrected chi connectivity index (χ2v) is 3.73. The zero-order valence-electron chi connectivity index (χ0n) is 10.2.